The zero-order chi connectivity index (χ0) is 16.6. The van der Waals surface area contributed by atoms with E-state index in [-0.39, 0.29) is 0 Å². The summed E-state index contributed by atoms with van der Waals surface area (Å²) in [6.45, 7) is 0. The van der Waals surface area contributed by atoms with Gasteiger partial charge in [-0.05, 0) is 35.4 Å². The third-order valence-corrected chi connectivity index (χ3v) is 3.82. The van der Waals surface area contributed by atoms with Crippen LogP contribution >= 0.6 is 0 Å². The number of aromatic nitrogens is 6. The fourth-order valence-electron chi connectivity index (χ4n) is 2.62. The number of H-pyrrole nitrogens is 1. The smallest absolute Gasteiger partial charge is 0.269 e. The van der Waals surface area contributed by atoms with Gasteiger partial charge in [-0.1, -0.05) is 11.2 Å². The minimum absolute atomic E-state index is 0.297. The topological polar surface area (TPSA) is 107 Å². The SMILES string of the molecule is c1cc(-c2ccc3nc(-c4cc(-c5nnco5)no4)[nH]c3c2)ccn1. The molecular weight excluding hydrogens is 320 g/mol. The molecule has 8 heteroatoms. The van der Waals surface area contributed by atoms with Gasteiger partial charge in [0.15, 0.2) is 11.5 Å². The third kappa shape index (κ3) is 2.36. The van der Waals surface area contributed by atoms with E-state index in [0.717, 1.165) is 22.2 Å². The van der Waals surface area contributed by atoms with Crippen LogP contribution in [0.25, 0.3) is 45.3 Å². The van der Waals surface area contributed by atoms with Gasteiger partial charge in [-0.3, -0.25) is 4.98 Å². The lowest BCUT2D eigenvalue weighted by Gasteiger charge is -2.00. The van der Waals surface area contributed by atoms with E-state index in [1.807, 2.05) is 30.3 Å². The molecule has 0 fully saturated rings. The van der Waals surface area contributed by atoms with Crippen molar-refractivity contribution in [1.82, 2.24) is 30.3 Å². The Morgan fingerprint density at radius 3 is 2.72 bits per heavy atom. The van der Waals surface area contributed by atoms with E-state index >= 15 is 0 Å². The first-order valence-electron chi connectivity index (χ1n) is 7.50. The Bertz CT molecular complexity index is 1140. The Kier molecular flexibility index (Phi) is 2.93. The van der Waals surface area contributed by atoms with E-state index < -0.39 is 0 Å². The molecule has 0 bridgehead atoms. The number of rotatable bonds is 3. The summed E-state index contributed by atoms with van der Waals surface area (Å²) in [5.74, 6) is 1.38. The lowest BCUT2D eigenvalue weighted by Crippen LogP contribution is -1.78. The highest BCUT2D eigenvalue weighted by Crippen LogP contribution is 2.27. The Morgan fingerprint density at radius 1 is 0.960 bits per heavy atom. The molecule has 0 unspecified atom stereocenters. The molecule has 0 saturated heterocycles. The molecule has 8 nitrogen and oxygen atoms in total. The summed E-state index contributed by atoms with van der Waals surface area (Å²) in [5.41, 5.74) is 4.37. The van der Waals surface area contributed by atoms with Crippen molar-refractivity contribution >= 4 is 11.0 Å². The maximum atomic E-state index is 5.34. The average molecular weight is 330 g/mol. The monoisotopic (exact) mass is 330 g/mol. The van der Waals surface area contributed by atoms with E-state index in [4.69, 9.17) is 8.94 Å². The number of fused-ring (bicyclic) bond motifs is 1. The number of imidazole rings is 1. The van der Waals surface area contributed by atoms with Crippen LogP contribution in [0.5, 0.6) is 0 Å². The molecule has 120 valence electrons. The van der Waals surface area contributed by atoms with Crippen LogP contribution in [0, 0.1) is 0 Å². The predicted molar refractivity (Wildman–Crippen MR) is 88.1 cm³/mol. The van der Waals surface area contributed by atoms with Gasteiger partial charge in [0.2, 0.25) is 12.2 Å². The fourth-order valence-corrected chi connectivity index (χ4v) is 2.62. The predicted octanol–water partition coefficient (Wildman–Crippen LogP) is 3.33. The molecule has 4 aromatic heterocycles. The minimum atomic E-state index is 0.297. The molecule has 0 amide bonds. The Labute approximate surface area is 140 Å². The van der Waals surface area contributed by atoms with Gasteiger partial charge in [0, 0.05) is 18.5 Å². The van der Waals surface area contributed by atoms with Crippen LogP contribution in [0.4, 0.5) is 0 Å². The molecule has 25 heavy (non-hydrogen) atoms. The molecule has 0 radical (unpaired) electrons. The molecule has 0 aliphatic carbocycles. The standard InChI is InChI=1S/C17H10N6O2/c1-2-12-13(7-11(1)10-3-5-18-6-4-10)21-16(20-12)15-8-14(23-25-15)17-22-19-9-24-17/h1-9H,(H,20,21). The van der Waals surface area contributed by atoms with Crippen molar-refractivity contribution in [1.29, 1.82) is 0 Å². The summed E-state index contributed by atoms with van der Waals surface area (Å²) in [7, 11) is 0. The highest BCUT2D eigenvalue weighted by Gasteiger charge is 2.15. The maximum absolute atomic E-state index is 5.34. The molecular formula is C17H10N6O2. The third-order valence-electron chi connectivity index (χ3n) is 3.82. The molecule has 0 saturated carbocycles. The van der Waals surface area contributed by atoms with E-state index in [0.29, 0.717) is 23.2 Å². The number of nitrogens with zero attached hydrogens (tertiary/aromatic N) is 5. The number of nitrogens with one attached hydrogen (secondary N) is 1. The van der Waals surface area contributed by atoms with Gasteiger partial charge in [-0.2, -0.15) is 0 Å². The molecule has 0 spiro atoms. The second-order valence-electron chi connectivity index (χ2n) is 5.37. The molecule has 4 heterocycles. The number of pyridine rings is 1. The molecule has 1 N–H and O–H groups in total. The van der Waals surface area contributed by atoms with Gasteiger partial charge >= 0.3 is 0 Å². The van der Waals surface area contributed by atoms with Gasteiger partial charge < -0.3 is 13.9 Å². The van der Waals surface area contributed by atoms with Crippen LogP contribution in [0.2, 0.25) is 0 Å². The highest BCUT2D eigenvalue weighted by molar-refractivity contribution is 5.84. The van der Waals surface area contributed by atoms with Crippen LogP contribution in [0.15, 0.2) is 64.1 Å². The number of aromatic amines is 1. The second-order valence-corrected chi connectivity index (χ2v) is 5.37. The van der Waals surface area contributed by atoms with E-state index in [2.05, 4.69) is 30.3 Å². The van der Waals surface area contributed by atoms with Crippen molar-refractivity contribution in [2.75, 3.05) is 0 Å². The first-order chi connectivity index (χ1) is 12.4. The van der Waals surface area contributed by atoms with Gasteiger partial charge in [0.05, 0.1) is 11.0 Å². The molecule has 0 aliphatic heterocycles. The van der Waals surface area contributed by atoms with Crippen LogP contribution in [0.3, 0.4) is 0 Å². The van der Waals surface area contributed by atoms with Gasteiger partial charge in [-0.15, -0.1) is 10.2 Å². The largest absolute Gasteiger partial charge is 0.422 e. The molecule has 0 aliphatic rings. The van der Waals surface area contributed by atoms with Crippen molar-refractivity contribution in [3.05, 3.63) is 55.2 Å². The van der Waals surface area contributed by atoms with Crippen LogP contribution in [0.1, 0.15) is 0 Å². The van der Waals surface area contributed by atoms with Gasteiger partial charge in [0.25, 0.3) is 5.89 Å². The zero-order valence-electron chi connectivity index (χ0n) is 12.7. The van der Waals surface area contributed by atoms with Crippen molar-refractivity contribution < 1.29 is 8.94 Å². The van der Waals surface area contributed by atoms with Crippen molar-refractivity contribution in [3.63, 3.8) is 0 Å². The molecule has 5 aromatic rings. The van der Waals surface area contributed by atoms with Crippen molar-refractivity contribution in [2.45, 2.75) is 0 Å². The Balaban J connectivity index is 1.55. The number of hydrogen-bond acceptors (Lipinski definition) is 7. The van der Waals surface area contributed by atoms with Crippen LogP contribution in [-0.2, 0) is 0 Å². The lowest BCUT2D eigenvalue weighted by atomic mass is 10.1. The van der Waals surface area contributed by atoms with Crippen molar-refractivity contribution in [2.24, 2.45) is 0 Å². The summed E-state index contributed by atoms with van der Waals surface area (Å²) < 4.78 is 10.5. The van der Waals surface area contributed by atoms with E-state index in [1.165, 1.54) is 6.39 Å². The minimum Gasteiger partial charge on any atom is -0.422 e. The summed E-state index contributed by atoms with van der Waals surface area (Å²) in [5, 5.41) is 11.4. The summed E-state index contributed by atoms with van der Waals surface area (Å²) in [6, 6.07) is 11.6. The number of benzene rings is 1. The summed E-state index contributed by atoms with van der Waals surface area (Å²) in [4.78, 5) is 11.8. The van der Waals surface area contributed by atoms with Gasteiger partial charge in [0.1, 0.15) is 0 Å². The Hall–Kier alpha value is -3.81. The normalized spacial score (nSPS) is 11.2. The molecule has 1 aromatic carbocycles. The second kappa shape index (κ2) is 5.38. The Morgan fingerprint density at radius 2 is 1.88 bits per heavy atom. The zero-order valence-corrected chi connectivity index (χ0v) is 12.7. The van der Waals surface area contributed by atoms with Crippen molar-refractivity contribution in [3.8, 4) is 34.3 Å². The number of hydrogen-bond donors (Lipinski definition) is 1. The van der Waals surface area contributed by atoms with Gasteiger partial charge in [-0.25, -0.2) is 4.98 Å². The van der Waals surface area contributed by atoms with E-state index in [9.17, 15) is 0 Å². The first kappa shape index (κ1) is 13.6. The van der Waals surface area contributed by atoms with E-state index in [1.54, 1.807) is 18.5 Å². The average Bonchev–Trinajstić information content (AvgIpc) is 3.40. The van der Waals surface area contributed by atoms with Crippen LogP contribution < -0.4 is 0 Å². The fraction of sp³-hybridized carbons (Fsp3) is 0. The summed E-state index contributed by atoms with van der Waals surface area (Å²) >= 11 is 0. The maximum Gasteiger partial charge on any atom is 0.269 e. The highest BCUT2D eigenvalue weighted by atomic mass is 16.5. The summed E-state index contributed by atoms with van der Waals surface area (Å²) in [6.07, 6.45) is 4.78. The molecule has 0 atom stereocenters. The molecule has 5 rings (SSSR count). The quantitative estimate of drug-likeness (QED) is 0.540. The lowest BCUT2D eigenvalue weighted by molar-refractivity contribution is 0.429. The van der Waals surface area contributed by atoms with Crippen LogP contribution in [-0.4, -0.2) is 30.3 Å². The first-order valence-corrected chi connectivity index (χ1v) is 7.50.